The Labute approximate surface area is 137 Å². The molecule has 2 aromatic carbocycles. The van der Waals surface area contributed by atoms with Gasteiger partial charge >= 0.3 is 0 Å². The van der Waals surface area contributed by atoms with Crippen LogP contribution in [0.3, 0.4) is 0 Å². The Bertz CT molecular complexity index is 588. The van der Waals surface area contributed by atoms with Crippen LogP contribution < -0.4 is 11.3 Å². The number of rotatable bonds is 4. The number of hydrogen-bond acceptors (Lipinski definition) is 2. The second-order valence-corrected chi connectivity index (χ2v) is 6.63. The first kappa shape index (κ1) is 15.7. The molecule has 2 nitrogen and oxygen atoms in total. The highest BCUT2D eigenvalue weighted by atomic mass is 79.9. The second kappa shape index (κ2) is 6.85. The maximum absolute atomic E-state index is 5.76. The number of benzene rings is 2. The molecule has 0 aliphatic rings. The van der Waals surface area contributed by atoms with Crippen molar-refractivity contribution in [2.45, 2.75) is 26.3 Å². The first-order valence-corrected chi connectivity index (χ1v) is 8.07. The summed E-state index contributed by atoms with van der Waals surface area (Å²) in [6, 6.07) is 12.7. The van der Waals surface area contributed by atoms with Crippen molar-refractivity contribution in [1.29, 1.82) is 0 Å². The van der Waals surface area contributed by atoms with Crippen LogP contribution in [0.15, 0.2) is 45.3 Å². The van der Waals surface area contributed by atoms with Gasteiger partial charge in [0.2, 0.25) is 0 Å². The summed E-state index contributed by atoms with van der Waals surface area (Å²) in [7, 11) is 0. The van der Waals surface area contributed by atoms with E-state index in [1.54, 1.807) is 0 Å². The van der Waals surface area contributed by atoms with E-state index in [0.29, 0.717) is 0 Å². The van der Waals surface area contributed by atoms with E-state index in [1.165, 1.54) is 22.3 Å². The standard InChI is InChI=1S/C16H18Br2N2/c1-10-7-13(8-11(2)16(10)18)15(20-19)9-12-5-3-4-6-14(12)17/h3-8,15,20H,9,19H2,1-2H3. The molecule has 1 unspecified atom stereocenters. The Hall–Kier alpha value is -0.680. The molecule has 0 spiro atoms. The predicted octanol–water partition coefficient (Wildman–Crippen LogP) is 4.58. The normalized spacial score (nSPS) is 12.4. The first-order valence-electron chi connectivity index (χ1n) is 6.49. The van der Waals surface area contributed by atoms with Crippen molar-refractivity contribution in [3.63, 3.8) is 0 Å². The Morgan fingerprint density at radius 3 is 2.25 bits per heavy atom. The van der Waals surface area contributed by atoms with Crippen LogP contribution in [0.2, 0.25) is 0 Å². The molecular formula is C16H18Br2N2. The molecule has 2 rings (SSSR count). The zero-order chi connectivity index (χ0) is 14.7. The number of aryl methyl sites for hydroxylation is 2. The van der Waals surface area contributed by atoms with Gasteiger partial charge in [-0.05, 0) is 48.6 Å². The minimum absolute atomic E-state index is 0.0965. The van der Waals surface area contributed by atoms with Crippen molar-refractivity contribution < 1.29 is 0 Å². The lowest BCUT2D eigenvalue weighted by atomic mass is 9.96. The van der Waals surface area contributed by atoms with Crippen molar-refractivity contribution in [2.75, 3.05) is 0 Å². The third-order valence-corrected chi connectivity index (χ3v) is 5.47. The molecule has 106 valence electrons. The summed E-state index contributed by atoms with van der Waals surface area (Å²) < 4.78 is 2.28. The second-order valence-electron chi connectivity index (χ2n) is 4.98. The molecule has 0 saturated heterocycles. The molecule has 0 aliphatic heterocycles. The van der Waals surface area contributed by atoms with Crippen molar-refractivity contribution >= 4 is 31.9 Å². The number of hydrogen-bond donors (Lipinski definition) is 2. The van der Waals surface area contributed by atoms with Crippen molar-refractivity contribution in [2.24, 2.45) is 5.84 Å². The fourth-order valence-electron chi connectivity index (χ4n) is 2.34. The van der Waals surface area contributed by atoms with Gasteiger partial charge in [-0.25, -0.2) is 0 Å². The summed E-state index contributed by atoms with van der Waals surface area (Å²) in [5, 5.41) is 0. The summed E-state index contributed by atoms with van der Waals surface area (Å²) >= 11 is 7.19. The van der Waals surface area contributed by atoms with Crippen LogP contribution in [0.25, 0.3) is 0 Å². The summed E-state index contributed by atoms with van der Waals surface area (Å²) in [5.74, 6) is 5.76. The fraction of sp³-hybridized carbons (Fsp3) is 0.250. The van der Waals surface area contributed by atoms with E-state index >= 15 is 0 Å². The zero-order valence-corrected chi connectivity index (χ0v) is 14.8. The lowest BCUT2D eigenvalue weighted by molar-refractivity contribution is 0.550. The SMILES string of the molecule is Cc1cc(C(Cc2ccccc2Br)NN)cc(C)c1Br. The molecule has 0 saturated carbocycles. The van der Waals surface area contributed by atoms with E-state index in [9.17, 15) is 0 Å². The highest BCUT2D eigenvalue weighted by Crippen LogP contribution is 2.28. The third-order valence-electron chi connectivity index (χ3n) is 3.44. The van der Waals surface area contributed by atoms with Crippen LogP contribution in [0, 0.1) is 13.8 Å². The maximum atomic E-state index is 5.76. The van der Waals surface area contributed by atoms with Gasteiger partial charge in [-0.15, -0.1) is 0 Å². The van der Waals surface area contributed by atoms with Gasteiger partial charge in [0.1, 0.15) is 0 Å². The molecule has 3 N–H and O–H groups in total. The Balaban J connectivity index is 2.31. The predicted molar refractivity (Wildman–Crippen MR) is 91.5 cm³/mol. The van der Waals surface area contributed by atoms with Crippen LogP contribution in [0.5, 0.6) is 0 Å². The Kier molecular flexibility index (Phi) is 5.38. The molecular weight excluding hydrogens is 380 g/mol. The molecule has 0 bridgehead atoms. The van der Waals surface area contributed by atoms with Crippen molar-refractivity contribution in [3.05, 3.63) is 67.6 Å². The van der Waals surface area contributed by atoms with Crippen LogP contribution in [-0.4, -0.2) is 0 Å². The van der Waals surface area contributed by atoms with Crippen LogP contribution in [0.4, 0.5) is 0 Å². The summed E-state index contributed by atoms with van der Waals surface area (Å²) in [4.78, 5) is 0. The highest BCUT2D eigenvalue weighted by Gasteiger charge is 2.14. The zero-order valence-electron chi connectivity index (χ0n) is 11.6. The Morgan fingerprint density at radius 2 is 1.70 bits per heavy atom. The van der Waals surface area contributed by atoms with Crippen LogP contribution in [-0.2, 0) is 6.42 Å². The Morgan fingerprint density at radius 1 is 1.10 bits per heavy atom. The van der Waals surface area contributed by atoms with Gasteiger partial charge in [-0.2, -0.15) is 0 Å². The molecule has 0 radical (unpaired) electrons. The quantitative estimate of drug-likeness (QED) is 0.585. The van der Waals surface area contributed by atoms with Gasteiger partial charge in [0.15, 0.2) is 0 Å². The maximum Gasteiger partial charge on any atom is 0.0500 e. The van der Waals surface area contributed by atoms with E-state index in [2.05, 4.69) is 75.4 Å². The van der Waals surface area contributed by atoms with Crippen LogP contribution >= 0.6 is 31.9 Å². The fourth-order valence-corrected chi connectivity index (χ4v) is 3.01. The number of nitrogens with two attached hydrogens (primary N) is 1. The van der Waals surface area contributed by atoms with E-state index < -0.39 is 0 Å². The van der Waals surface area contributed by atoms with E-state index in [-0.39, 0.29) is 6.04 Å². The number of halogens is 2. The molecule has 1 atom stereocenters. The summed E-state index contributed by atoms with van der Waals surface area (Å²) in [6.45, 7) is 4.21. The van der Waals surface area contributed by atoms with Crippen molar-refractivity contribution in [3.8, 4) is 0 Å². The molecule has 0 aromatic heterocycles. The molecule has 0 aliphatic carbocycles. The van der Waals surface area contributed by atoms with E-state index in [0.717, 1.165) is 15.4 Å². The first-order chi connectivity index (χ1) is 9.52. The molecule has 2 aromatic rings. The van der Waals surface area contributed by atoms with Gasteiger partial charge < -0.3 is 0 Å². The largest absolute Gasteiger partial charge is 0.271 e. The van der Waals surface area contributed by atoms with Gasteiger partial charge in [-0.1, -0.05) is 62.2 Å². The topological polar surface area (TPSA) is 38.0 Å². The average molecular weight is 398 g/mol. The number of nitrogens with one attached hydrogen (secondary N) is 1. The minimum Gasteiger partial charge on any atom is -0.271 e. The minimum atomic E-state index is 0.0965. The van der Waals surface area contributed by atoms with Gasteiger partial charge in [-0.3, -0.25) is 11.3 Å². The molecule has 20 heavy (non-hydrogen) atoms. The lowest BCUT2D eigenvalue weighted by Crippen LogP contribution is -2.29. The highest BCUT2D eigenvalue weighted by molar-refractivity contribution is 9.10. The van der Waals surface area contributed by atoms with E-state index in [1.807, 2.05) is 12.1 Å². The summed E-state index contributed by atoms with van der Waals surface area (Å²) in [6.07, 6.45) is 0.846. The van der Waals surface area contributed by atoms with Crippen molar-refractivity contribution in [1.82, 2.24) is 5.43 Å². The number of hydrazine groups is 1. The molecule has 4 heteroatoms. The van der Waals surface area contributed by atoms with E-state index in [4.69, 9.17) is 5.84 Å². The van der Waals surface area contributed by atoms with Gasteiger partial charge in [0.25, 0.3) is 0 Å². The summed E-state index contributed by atoms with van der Waals surface area (Å²) in [5.41, 5.74) is 7.84. The van der Waals surface area contributed by atoms with Gasteiger partial charge in [0.05, 0.1) is 6.04 Å². The molecule has 0 heterocycles. The molecule has 0 amide bonds. The third kappa shape index (κ3) is 3.50. The lowest BCUT2D eigenvalue weighted by Gasteiger charge is -2.19. The average Bonchev–Trinajstić information content (AvgIpc) is 2.43. The van der Waals surface area contributed by atoms with Crippen LogP contribution in [0.1, 0.15) is 28.3 Å². The monoisotopic (exact) mass is 396 g/mol. The smallest absolute Gasteiger partial charge is 0.0500 e. The molecule has 0 fully saturated rings. The van der Waals surface area contributed by atoms with Gasteiger partial charge in [0, 0.05) is 8.95 Å².